The van der Waals surface area contributed by atoms with Crippen LogP contribution in [0.4, 0.5) is 11.7 Å². The third-order valence-corrected chi connectivity index (χ3v) is 6.49. The number of fused-ring (bicyclic) bond motifs is 1. The van der Waals surface area contributed by atoms with Gasteiger partial charge in [0.2, 0.25) is 5.89 Å². The molecule has 7 nitrogen and oxygen atoms in total. The van der Waals surface area contributed by atoms with E-state index >= 15 is 0 Å². The van der Waals surface area contributed by atoms with E-state index in [1.54, 1.807) is 60.7 Å². The Morgan fingerprint density at radius 2 is 1.77 bits per heavy atom. The highest BCUT2D eigenvalue weighted by Gasteiger charge is 2.31. The van der Waals surface area contributed by atoms with Crippen LogP contribution in [0.5, 0.6) is 0 Å². The molecule has 0 aliphatic rings. The summed E-state index contributed by atoms with van der Waals surface area (Å²) in [6, 6.07) is 19.8. The molecule has 0 aliphatic carbocycles. The van der Waals surface area contributed by atoms with Gasteiger partial charge in [-0.2, -0.15) is 9.29 Å². The molecule has 0 fully saturated rings. The fourth-order valence-electron chi connectivity index (χ4n) is 3.15. The normalized spacial score (nSPS) is 11.6. The lowest BCUT2D eigenvalue weighted by molar-refractivity contribution is 0.573. The highest BCUT2D eigenvalue weighted by atomic mass is 35.5. The standard InChI is InChI=1S/C22H14ClN3O4S/c23-16-9-10-20-19(14-16)25-22(30-20)26(17-6-2-1-3-7-17)31(27,28)18-8-4-5-15(13-18)21-24-11-12-29-21/h1-14H. The molecule has 0 amide bonds. The van der Waals surface area contributed by atoms with E-state index < -0.39 is 10.0 Å². The number of aromatic nitrogens is 2. The quantitative estimate of drug-likeness (QED) is 0.342. The van der Waals surface area contributed by atoms with Crippen molar-refractivity contribution in [2.24, 2.45) is 0 Å². The maximum atomic E-state index is 13.7. The first-order valence-corrected chi connectivity index (χ1v) is 11.0. The van der Waals surface area contributed by atoms with Crippen molar-refractivity contribution in [2.75, 3.05) is 4.31 Å². The van der Waals surface area contributed by atoms with Crippen molar-refractivity contribution in [3.05, 3.63) is 90.3 Å². The number of oxazole rings is 2. The van der Waals surface area contributed by atoms with Gasteiger partial charge in [0.1, 0.15) is 11.8 Å². The third-order valence-electron chi connectivity index (χ3n) is 4.55. The van der Waals surface area contributed by atoms with Crippen molar-refractivity contribution >= 4 is 44.4 Å². The van der Waals surface area contributed by atoms with Gasteiger partial charge in [-0.1, -0.05) is 35.9 Å². The summed E-state index contributed by atoms with van der Waals surface area (Å²) < 4.78 is 39.7. The van der Waals surface area contributed by atoms with Crippen molar-refractivity contribution in [3.63, 3.8) is 0 Å². The van der Waals surface area contributed by atoms with Gasteiger partial charge in [0, 0.05) is 10.6 Å². The van der Waals surface area contributed by atoms with Crippen molar-refractivity contribution in [1.82, 2.24) is 9.97 Å². The number of rotatable bonds is 5. The van der Waals surface area contributed by atoms with E-state index in [4.69, 9.17) is 20.4 Å². The Kier molecular flexibility index (Phi) is 4.72. The zero-order valence-electron chi connectivity index (χ0n) is 15.8. The highest BCUT2D eigenvalue weighted by Crippen LogP contribution is 2.35. The molecule has 0 bridgehead atoms. The van der Waals surface area contributed by atoms with Gasteiger partial charge in [-0.05, 0) is 48.5 Å². The predicted octanol–water partition coefficient (Wildman–Crippen LogP) is 5.66. The zero-order valence-corrected chi connectivity index (χ0v) is 17.4. The lowest BCUT2D eigenvalue weighted by atomic mass is 10.2. The van der Waals surface area contributed by atoms with Gasteiger partial charge in [-0.25, -0.2) is 13.4 Å². The minimum absolute atomic E-state index is 0.0346. The topological polar surface area (TPSA) is 89.4 Å². The second-order valence-corrected chi connectivity index (χ2v) is 8.80. The summed E-state index contributed by atoms with van der Waals surface area (Å²) in [5.74, 6) is 0.319. The average molecular weight is 452 g/mol. The van der Waals surface area contributed by atoms with Gasteiger partial charge in [-0.15, -0.1) is 0 Å². The van der Waals surface area contributed by atoms with Crippen molar-refractivity contribution in [1.29, 1.82) is 0 Å². The van der Waals surface area contributed by atoms with Crippen LogP contribution >= 0.6 is 11.6 Å². The molecule has 0 spiro atoms. The summed E-state index contributed by atoms with van der Waals surface area (Å²) in [4.78, 5) is 8.50. The van der Waals surface area contributed by atoms with Crippen LogP contribution in [-0.4, -0.2) is 18.4 Å². The molecule has 3 aromatic carbocycles. The van der Waals surface area contributed by atoms with Gasteiger partial charge in [-0.3, -0.25) is 0 Å². The summed E-state index contributed by atoms with van der Waals surface area (Å²) in [6.45, 7) is 0. The fraction of sp³-hybridized carbons (Fsp3) is 0. The highest BCUT2D eigenvalue weighted by molar-refractivity contribution is 7.93. The van der Waals surface area contributed by atoms with E-state index in [0.29, 0.717) is 33.3 Å². The summed E-state index contributed by atoms with van der Waals surface area (Å²) >= 11 is 6.05. The maximum Gasteiger partial charge on any atom is 0.317 e. The van der Waals surface area contributed by atoms with Crippen molar-refractivity contribution in [3.8, 4) is 11.5 Å². The Balaban J connectivity index is 1.68. The van der Waals surface area contributed by atoms with E-state index in [-0.39, 0.29) is 10.9 Å². The number of hydrogen-bond acceptors (Lipinski definition) is 6. The molecular formula is C22H14ClN3O4S. The van der Waals surface area contributed by atoms with E-state index in [1.807, 2.05) is 0 Å². The van der Waals surface area contributed by atoms with E-state index in [2.05, 4.69) is 9.97 Å². The van der Waals surface area contributed by atoms with Crippen LogP contribution in [-0.2, 0) is 10.0 Å². The van der Waals surface area contributed by atoms with E-state index in [0.717, 1.165) is 4.31 Å². The van der Waals surface area contributed by atoms with Gasteiger partial charge in [0.25, 0.3) is 10.0 Å². The number of hydrogen-bond donors (Lipinski definition) is 0. The number of benzene rings is 3. The van der Waals surface area contributed by atoms with Crippen LogP contribution in [0.3, 0.4) is 0 Å². The first-order valence-electron chi connectivity index (χ1n) is 9.19. The van der Waals surface area contributed by atoms with Gasteiger partial charge in [0.15, 0.2) is 5.58 Å². The van der Waals surface area contributed by atoms with Gasteiger partial charge < -0.3 is 8.83 Å². The van der Waals surface area contributed by atoms with E-state index in [1.165, 1.54) is 24.6 Å². The van der Waals surface area contributed by atoms with Crippen LogP contribution in [0.2, 0.25) is 5.02 Å². The number of nitrogens with zero attached hydrogens (tertiary/aromatic N) is 3. The molecule has 2 heterocycles. The molecule has 0 N–H and O–H groups in total. The summed E-state index contributed by atoms with van der Waals surface area (Å²) in [6.07, 6.45) is 2.92. The minimum atomic E-state index is -4.10. The molecule has 0 atom stereocenters. The Labute approximate surface area is 182 Å². The third kappa shape index (κ3) is 3.56. The molecule has 0 saturated heterocycles. The summed E-state index contributed by atoms with van der Waals surface area (Å²) in [5.41, 5.74) is 1.78. The fourth-order valence-corrected chi connectivity index (χ4v) is 4.74. The molecule has 5 rings (SSSR count). The molecule has 0 saturated carbocycles. The monoisotopic (exact) mass is 451 g/mol. The van der Waals surface area contributed by atoms with Gasteiger partial charge >= 0.3 is 6.01 Å². The average Bonchev–Trinajstić information content (AvgIpc) is 3.44. The predicted molar refractivity (Wildman–Crippen MR) is 117 cm³/mol. The van der Waals surface area contributed by atoms with Crippen LogP contribution in [0.1, 0.15) is 0 Å². The number of halogens is 1. The Morgan fingerprint density at radius 1 is 0.935 bits per heavy atom. The van der Waals surface area contributed by atoms with Crippen molar-refractivity contribution in [2.45, 2.75) is 4.90 Å². The SMILES string of the molecule is O=S(=O)(c1cccc(-c2ncco2)c1)N(c1ccccc1)c1nc2cc(Cl)ccc2o1. The maximum absolute atomic E-state index is 13.7. The number of sulfonamides is 1. The van der Waals surface area contributed by atoms with Gasteiger partial charge in [0.05, 0.1) is 16.8 Å². The molecule has 9 heteroatoms. The second kappa shape index (κ2) is 7.57. The first kappa shape index (κ1) is 19.3. The first-order chi connectivity index (χ1) is 15.0. The zero-order chi connectivity index (χ0) is 21.4. The van der Waals surface area contributed by atoms with Crippen LogP contribution in [0, 0.1) is 0 Å². The second-order valence-electron chi connectivity index (χ2n) is 6.58. The lowest BCUT2D eigenvalue weighted by Crippen LogP contribution is -2.26. The van der Waals surface area contributed by atoms with Crippen molar-refractivity contribution < 1.29 is 17.3 Å². The molecule has 0 unspecified atom stereocenters. The number of para-hydroxylation sites is 1. The van der Waals surface area contributed by atoms with Crippen LogP contribution in [0.25, 0.3) is 22.6 Å². The summed E-state index contributed by atoms with van der Waals surface area (Å²) in [5, 5.41) is 0.472. The molecule has 2 aromatic heterocycles. The Morgan fingerprint density at radius 3 is 2.55 bits per heavy atom. The molecule has 154 valence electrons. The summed E-state index contributed by atoms with van der Waals surface area (Å²) in [7, 11) is -4.10. The van der Waals surface area contributed by atoms with Crippen LogP contribution in [0.15, 0.2) is 99.0 Å². The van der Waals surface area contributed by atoms with E-state index in [9.17, 15) is 8.42 Å². The molecular weight excluding hydrogens is 438 g/mol. The molecule has 31 heavy (non-hydrogen) atoms. The van der Waals surface area contributed by atoms with Crippen LogP contribution < -0.4 is 4.31 Å². The molecule has 0 aliphatic heterocycles. The lowest BCUT2D eigenvalue weighted by Gasteiger charge is -2.20. The smallest absolute Gasteiger partial charge is 0.317 e. The Bertz CT molecular complexity index is 1470. The molecule has 0 radical (unpaired) electrons. The molecule has 5 aromatic rings. The largest absolute Gasteiger partial charge is 0.445 e. The number of anilines is 2. The minimum Gasteiger partial charge on any atom is -0.445 e. The Hall–Kier alpha value is -3.62.